The summed E-state index contributed by atoms with van der Waals surface area (Å²) in [5.41, 5.74) is 0.114. The number of methoxy groups -OCH3 is 1. The molecule has 1 aliphatic carbocycles. The van der Waals surface area contributed by atoms with E-state index in [1.807, 2.05) is 0 Å². The van der Waals surface area contributed by atoms with Crippen LogP contribution in [-0.4, -0.2) is 29.9 Å². The van der Waals surface area contributed by atoms with Gasteiger partial charge in [0.2, 0.25) is 0 Å². The zero-order chi connectivity index (χ0) is 14.0. The molecule has 19 heavy (non-hydrogen) atoms. The lowest BCUT2D eigenvalue weighted by molar-refractivity contribution is 0.0591. The van der Waals surface area contributed by atoms with Crippen molar-refractivity contribution < 1.29 is 14.3 Å². The van der Waals surface area contributed by atoms with Gasteiger partial charge in [-0.2, -0.15) is 0 Å². The molecule has 0 aromatic carbocycles. The fourth-order valence-electron chi connectivity index (χ4n) is 2.11. The zero-order valence-corrected chi connectivity index (χ0v) is 12.2. The minimum Gasteiger partial charge on any atom is -0.464 e. The molecule has 1 heterocycles. The summed E-state index contributed by atoms with van der Waals surface area (Å²) >= 11 is 1.22. The van der Waals surface area contributed by atoms with Crippen molar-refractivity contribution in [3.8, 4) is 0 Å². The van der Waals surface area contributed by atoms with Crippen LogP contribution in [0.4, 0.5) is 5.13 Å². The molecule has 1 aliphatic rings. The number of carbonyl (C=O) groups is 2. The highest BCUT2D eigenvalue weighted by atomic mass is 32.1. The molecule has 1 fully saturated rings. The van der Waals surface area contributed by atoms with E-state index in [0.29, 0.717) is 22.0 Å². The molecular weight excluding hydrogens is 264 g/mol. The Morgan fingerprint density at radius 2 is 2.16 bits per heavy atom. The van der Waals surface area contributed by atoms with Crippen LogP contribution in [-0.2, 0) is 4.74 Å². The third-order valence-corrected chi connectivity index (χ3v) is 4.62. The lowest BCUT2D eigenvalue weighted by atomic mass is 9.80. The lowest BCUT2D eigenvalue weighted by Crippen LogP contribution is -2.30. The van der Waals surface area contributed by atoms with Crippen molar-refractivity contribution >= 4 is 28.2 Å². The van der Waals surface area contributed by atoms with E-state index >= 15 is 0 Å². The van der Waals surface area contributed by atoms with Gasteiger partial charge in [0.25, 0.3) is 0 Å². The van der Waals surface area contributed by atoms with Crippen molar-refractivity contribution in [2.45, 2.75) is 39.2 Å². The molecule has 0 saturated heterocycles. The Morgan fingerprint density at radius 3 is 2.63 bits per heavy atom. The van der Waals surface area contributed by atoms with E-state index in [1.54, 1.807) is 0 Å². The second-order valence-corrected chi connectivity index (χ2v) is 5.87. The number of hydrogen-bond acceptors (Lipinski definition) is 6. The maximum Gasteiger partial charge on any atom is 0.358 e. The van der Waals surface area contributed by atoms with Crippen LogP contribution in [0.15, 0.2) is 0 Å². The minimum absolute atomic E-state index is 0.114. The minimum atomic E-state index is -0.564. The Hall–Kier alpha value is -1.43. The normalized spacial score (nSPS) is 16.6. The number of aromatic nitrogens is 1. The molecule has 0 spiro atoms. The molecule has 0 bridgehead atoms. The quantitative estimate of drug-likeness (QED) is 0.664. The number of ketones is 1. The molecule has 2 rings (SSSR count). The zero-order valence-electron chi connectivity index (χ0n) is 11.4. The third kappa shape index (κ3) is 2.94. The van der Waals surface area contributed by atoms with Gasteiger partial charge in [-0.05, 0) is 25.7 Å². The monoisotopic (exact) mass is 282 g/mol. The number of esters is 1. The van der Waals surface area contributed by atoms with Crippen LogP contribution in [0.1, 0.15) is 53.3 Å². The largest absolute Gasteiger partial charge is 0.464 e. The summed E-state index contributed by atoms with van der Waals surface area (Å²) in [6.07, 6.45) is 3.73. The second kappa shape index (κ2) is 5.69. The van der Waals surface area contributed by atoms with Gasteiger partial charge in [-0.3, -0.25) is 4.79 Å². The highest BCUT2D eigenvalue weighted by molar-refractivity contribution is 7.17. The molecule has 104 valence electrons. The third-order valence-electron chi connectivity index (χ3n) is 3.53. The van der Waals surface area contributed by atoms with Gasteiger partial charge in [0, 0.05) is 13.0 Å². The van der Waals surface area contributed by atoms with Crippen LogP contribution in [0.25, 0.3) is 0 Å². The fraction of sp³-hybridized carbons (Fsp3) is 0.615. The predicted molar refractivity (Wildman–Crippen MR) is 73.9 cm³/mol. The predicted octanol–water partition coefficient (Wildman–Crippen LogP) is 2.73. The highest BCUT2D eigenvalue weighted by Crippen LogP contribution is 2.32. The van der Waals surface area contributed by atoms with Crippen LogP contribution in [0.5, 0.6) is 0 Å². The van der Waals surface area contributed by atoms with Gasteiger partial charge in [-0.1, -0.05) is 17.8 Å². The smallest absolute Gasteiger partial charge is 0.358 e. The number of anilines is 1. The Bertz CT molecular complexity index is 494. The molecule has 1 aromatic rings. The number of ether oxygens (including phenoxy) is 1. The van der Waals surface area contributed by atoms with Gasteiger partial charge in [0.15, 0.2) is 16.6 Å². The van der Waals surface area contributed by atoms with Crippen molar-refractivity contribution in [2.24, 2.45) is 5.92 Å². The standard InChI is InChI=1S/C13H18N2O3S/c1-7(9-5-4-6-9)14-13-15-10(12(17)18-3)11(19-13)8(2)16/h7,9H,4-6H2,1-3H3,(H,14,15). The van der Waals surface area contributed by atoms with Gasteiger partial charge in [0.05, 0.1) is 7.11 Å². The van der Waals surface area contributed by atoms with E-state index in [9.17, 15) is 9.59 Å². The Labute approximate surface area is 116 Å². The molecule has 1 saturated carbocycles. The molecule has 6 heteroatoms. The molecule has 0 radical (unpaired) electrons. The topological polar surface area (TPSA) is 68.3 Å². The lowest BCUT2D eigenvalue weighted by Gasteiger charge is -2.31. The number of rotatable bonds is 5. The van der Waals surface area contributed by atoms with E-state index in [2.05, 4.69) is 22.0 Å². The van der Waals surface area contributed by atoms with Gasteiger partial charge in [0.1, 0.15) is 4.88 Å². The fourth-order valence-corrected chi connectivity index (χ4v) is 3.05. The van der Waals surface area contributed by atoms with E-state index in [1.165, 1.54) is 44.6 Å². The van der Waals surface area contributed by atoms with E-state index < -0.39 is 5.97 Å². The van der Waals surface area contributed by atoms with Crippen molar-refractivity contribution in [2.75, 3.05) is 12.4 Å². The van der Waals surface area contributed by atoms with E-state index in [-0.39, 0.29) is 11.5 Å². The van der Waals surface area contributed by atoms with Crippen molar-refractivity contribution in [3.05, 3.63) is 10.6 Å². The van der Waals surface area contributed by atoms with E-state index in [4.69, 9.17) is 0 Å². The summed E-state index contributed by atoms with van der Waals surface area (Å²) in [5, 5.41) is 3.90. The molecule has 1 unspecified atom stereocenters. The maximum atomic E-state index is 11.6. The number of Topliss-reactive ketones (excluding diaryl/α,β-unsaturated/α-hetero) is 1. The average molecular weight is 282 g/mol. The molecule has 5 nitrogen and oxygen atoms in total. The number of carbonyl (C=O) groups excluding carboxylic acids is 2. The first-order valence-electron chi connectivity index (χ1n) is 6.39. The van der Waals surface area contributed by atoms with Crippen LogP contribution < -0.4 is 5.32 Å². The number of nitrogens with one attached hydrogen (secondary N) is 1. The van der Waals surface area contributed by atoms with Crippen molar-refractivity contribution in [1.82, 2.24) is 4.98 Å². The number of hydrogen-bond donors (Lipinski definition) is 1. The Kier molecular flexibility index (Phi) is 4.19. The molecular formula is C13H18N2O3S. The van der Waals surface area contributed by atoms with Crippen molar-refractivity contribution in [1.29, 1.82) is 0 Å². The van der Waals surface area contributed by atoms with Gasteiger partial charge in [-0.15, -0.1) is 0 Å². The molecule has 1 aromatic heterocycles. The van der Waals surface area contributed by atoms with Gasteiger partial charge in [-0.25, -0.2) is 9.78 Å². The number of nitrogens with zero attached hydrogens (tertiary/aromatic N) is 1. The second-order valence-electron chi connectivity index (χ2n) is 4.87. The maximum absolute atomic E-state index is 11.6. The summed E-state index contributed by atoms with van der Waals surface area (Å²) in [6, 6.07) is 0.310. The van der Waals surface area contributed by atoms with Gasteiger partial charge >= 0.3 is 5.97 Å². The summed E-state index contributed by atoms with van der Waals surface area (Å²) in [6.45, 7) is 3.54. The van der Waals surface area contributed by atoms with Gasteiger partial charge < -0.3 is 10.1 Å². The Balaban J connectivity index is 2.17. The van der Waals surface area contributed by atoms with E-state index in [0.717, 1.165) is 0 Å². The molecule has 0 aliphatic heterocycles. The van der Waals surface area contributed by atoms with Crippen LogP contribution in [0.2, 0.25) is 0 Å². The summed E-state index contributed by atoms with van der Waals surface area (Å²) in [4.78, 5) is 27.7. The summed E-state index contributed by atoms with van der Waals surface area (Å²) < 4.78 is 4.65. The molecule has 1 N–H and O–H groups in total. The van der Waals surface area contributed by atoms with Crippen LogP contribution in [0.3, 0.4) is 0 Å². The Morgan fingerprint density at radius 1 is 1.47 bits per heavy atom. The SMILES string of the molecule is COC(=O)c1nc(NC(C)C2CCC2)sc1C(C)=O. The van der Waals surface area contributed by atoms with Crippen LogP contribution >= 0.6 is 11.3 Å². The highest BCUT2D eigenvalue weighted by Gasteiger charge is 2.26. The van der Waals surface area contributed by atoms with Crippen LogP contribution in [0, 0.1) is 5.92 Å². The molecule has 1 atom stereocenters. The first-order chi connectivity index (χ1) is 9.02. The summed E-state index contributed by atoms with van der Waals surface area (Å²) in [7, 11) is 1.29. The first kappa shape index (κ1) is 14.0. The number of thiazole rings is 1. The summed E-state index contributed by atoms with van der Waals surface area (Å²) in [5.74, 6) is -0.0701. The first-order valence-corrected chi connectivity index (χ1v) is 7.21. The molecule has 0 amide bonds. The van der Waals surface area contributed by atoms with Crippen molar-refractivity contribution in [3.63, 3.8) is 0 Å². The average Bonchev–Trinajstić information content (AvgIpc) is 2.69.